The standard InChI is InChI=1S/C42H33FN6O7S2/c43-29-17-10-18-31(35(29)50)48-20-19-24(37(48)52)21-25-22-57-39-33(38(53)49(39)34(25)40(54)55)46-36(51)32(30-23-58-41(44)45-30)47-56-42(26-11-4-1-5-12-26,27-13-6-2-7-14-27)28-15-8-3-9-16-28/h1-18,21,23,33,39,50H,19-20,22H2,(H2,44,45)(H,46,51)(H,54,55)/b24-21+,47-32-/t33-,39-/m1/s1. The summed E-state index contributed by atoms with van der Waals surface area (Å²) in [6, 6.07) is 30.9. The Balaban J connectivity index is 1.09. The summed E-state index contributed by atoms with van der Waals surface area (Å²) in [5.74, 6) is -4.88. The van der Waals surface area contributed by atoms with Crippen LogP contribution in [0.3, 0.4) is 0 Å². The third-order valence-electron chi connectivity index (χ3n) is 10.0. The molecular formula is C42H33FN6O7S2. The summed E-state index contributed by atoms with van der Waals surface area (Å²) < 4.78 is 14.1. The average molecular weight is 817 g/mol. The van der Waals surface area contributed by atoms with Crippen molar-refractivity contribution in [1.29, 1.82) is 0 Å². The maximum atomic E-state index is 14.2. The van der Waals surface area contributed by atoms with Crippen molar-refractivity contribution in [2.24, 2.45) is 5.16 Å². The highest BCUT2D eigenvalue weighted by Gasteiger charge is 2.54. The number of β-lactam (4-membered cyclic amide) rings is 1. The summed E-state index contributed by atoms with van der Waals surface area (Å²) in [5.41, 5.74) is 6.76. The minimum Gasteiger partial charge on any atom is -0.503 e. The second kappa shape index (κ2) is 15.6. The maximum Gasteiger partial charge on any atom is 0.352 e. The molecule has 0 saturated carbocycles. The van der Waals surface area contributed by atoms with Crippen LogP contribution in [0.1, 0.15) is 28.8 Å². The van der Waals surface area contributed by atoms with Gasteiger partial charge >= 0.3 is 5.97 Å². The molecule has 16 heteroatoms. The zero-order valence-electron chi connectivity index (χ0n) is 30.3. The Kier molecular flexibility index (Phi) is 10.3. The molecule has 0 radical (unpaired) electrons. The summed E-state index contributed by atoms with van der Waals surface area (Å²) >= 11 is 2.29. The van der Waals surface area contributed by atoms with E-state index in [1.807, 2.05) is 91.0 Å². The number of thiazole rings is 1. The molecule has 4 aromatic carbocycles. The van der Waals surface area contributed by atoms with E-state index in [0.717, 1.165) is 39.0 Å². The number of aromatic nitrogens is 1. The lowest BCUT2D eigenvalue weighted by molar-refractivity contribution is -0.150. The number of aliphatic carboxylic acids is 1. The highest BCUT2D eigenvalue weighted by molar-refractivity contribution is 8.00. The van der Waals surface area contributed by atoms with Crippen molar-refractivity contribution < 1.29 is 38.6 Å². The Hall–Kier alpha value is -6.78. The van der Waals surface area contributed by atoms with Crippen molar-refractivity contribution in [3.8, 4) is 5.75 Å². The Labute approximate surface area is 338 Å². The zero-order valence-corrected chi connectivity index (χ0v) is 32.0. The molecule has 2 fully saturated rings. The van der Waals surface area contributed by atoms with Crippen LogP contribution in [0.15, 0.2) is 143 Å². The number of carbonyl (C=O) groups is 4. The molecular weight excluding hydrogens is 784 g/mol. The predicted molar refractivity (Wildman–Crippen MR) is 216 cm³/mol. The van der Waals surface area contributed by atoms with Crippen LogP contribution in [0.5, 0.6) is 5.75 Å². The highest BCUT2D eigenvalue weighted by atomic mass is 32.2. The number of carboxylic acid groups (broad SMARTS) is 1. The Morgan fingerprint density at radius 2 is 1.57 bits per heavy atom. The molecule has 0 unspecified atom stereocenters. The van der Waals surface area contributed by atoms with Crippen LogP contribution in [-0.4, -0.2) is 73.2 Å². The van der Waals surface area contributed by atoms with Gasteiger partial charge in [0, 0.05) is 39.9 Å². The van der Waals surface area contributed by atoms with Crippen molar-refractivity contribution in [2.45, 2.75) is 23.4 Å². The fourth-order valence-corrected chi connectivity index (χ4v) is 9.12. The Morgan fingerprint density at radius 1 is 0.948 bits per heavy atom. The van der Waals surface area contributed by atoms with Crippen LogP contribution in [0.25, 0.3) is 0 Å². The van der Waals surface area contributed by atoms with Crippen molar-refractivity contribution in [3.63, 3.8) is 0 Å². The third-order valence-corrected chi connectivity index (χ3v) is 12.0. The van der Waals surface area contributed by atoms with Crippen molar-refractivity contribution in [3.05, 3.63) is 166 Å². The lowest BCUT2D eigenvalue weighted by Crippen LogP contribution is -2.71. The number of fused-ring (bicyclic) bond motifs is 1. The van der Waals surface area contributed by atoms with E-state index in [4.69, 9.17) is 10.6 Å². The number of thioether (sulfide) groups is 1. The predicted octanol–water partition coefficient (Wildman–Crippen LogP) is 5.38. The van der Waals surface area contributed by atoms with Gasteiger partial charge in [-0.3, -0.25) is 19.3 Å². The van der Waals surface area contributed by atoms with Gasteiger partial charge in [-0.15, -0.1) is 23.1 Å². The molecule has 0 spiro atoms. The van der Waals surface area contributed by atoms with Gasteiger partial charge in [-0.25, -0.2) is 14.2 Å². The fourth-order valence-electron chi connectivity index (χ4n) is 7.27. The number of nitrogens with two attached hydrogens (primary N) is 1. The van der Waals surface area contributed by atoms with E-state index in [2.05, 4.69) is 15.5 Å². The molecule has 5 N–H and O–H groups in total. The van der Waals surface area contributed by atoms with Gasteiger partial charge in [-0.2, -0.15) is 0 Å². The monoisotopic (exact) mass is 816 g/mol. The fraction of sp³-hybridized carbons (Fsp3) is 0.143. The number of hydrogen-bond acceptors (Lipinski definition) is 11. The third kappa shape index (κ3) is 6.75. The summed E-state index contributed by atoms with van der Waals surface area (Å²) in [4.78, 5) is 67.2. The number of benzene rings is 4. The zero-order chi connectivity index (χ0) is 40.6. The number of nitrogen functional groups attached to an aromatic ring is 1. The molecule has 4 heterocycles. The highest BCUT2D eigenvalue weighted by Crippen LogP contribution is 2.43. The average Bonchev–Trinajstić information content (AvgIpc) is 3.84. The molecule has 5 aromatic rings. The van der Waals surface area contributed by atoms with Gasteiger partial charge in [-0.05, 0) is 30.2 Å². The molecule has 58 heavy (non-hydrogen) atoms. The molecule has 292 valence electrons. The summed E-state index contributed by atoms with van der Waals surface area (Å²) in [5, 5.41) is 28.7. The van der Waals surface area contributed by atoms with Gasteiger partial charge in [0.1, 0.15) is 22.8 Å². The molecule has 0 bridgehead atoms. The van der Waals surface area contributed by atoms with Gasteiger partial charge < -0.3 is 31.0 Å². The maximum absolute atomic E-state index is 14.2. The number of phenols is 1. The van der Waals surface area contributed by atoms with Gasteiger partial charge in [0.2, 0.25) is 5.60 Å². The quantitative estimate of drug-likeness (QED) is 0.0443. The normalized spacial score (nSPS) is 18.9. The number of carbonyl (C=O) groups excluding carboxylic acids is 3. The number of halogens is 1. The smallest absolute Gasteiger partial charge is 0.352 e. The number of nitrogens with zero attached hydrogens (tertiary/aromatic N) is 4. The molecule has 3 amide bonds. The Morgan fingerprint density at radius 3 is 2.14 bits per heavy atom. The van der Waals surface area contributed by atoms with Gasteiger partial charge in [0.15, 0.2) is 22.4 Å². The number of hydrogen-bond donors (Lipinski definition) is 4. The first-order valence-corrected chi connectivity index (χ1v) is 19.9. The van der Waals surface area contributed by atoms with E-state index in [0.29, 0.717) is 0 Å². The van der Waals surface area contributed by atoms with Crippen LogP contribution in [0.2, 0.25) is 0 Å². The summed E-state index contributed by atoms with van der Waals surface area (Å²) in [6.07, 6.45) is 1.62. The molecule has 3 aliphatic rings. The summed E-state index contributed by atoms with van der Waals surface area (Å²) in [7, 11) is 0. The number of aromatic hydroxyl groups is 1. The number of rotatable bonds is 11. The number of amides is 3. The first-order chi connectivity index (χ1) is 28.1. The first-order valence-electron chi connectivity index (χ1n) is 17.9. The van der Waals surface area contributed by atoms with Crippen molar-refractivity contribution in [2.75, 3.05) is 22.9 Å². The molecule has 2 saturated heterocycles. The minimum absolute atomic E-state index is 0.00467. The molecule has 1 aromatic heterocycles. The van der Waals surface area contributed by atoms with E-state index >= 15 is 0 Å². The SMILES string of the molecule is Nc1nc(/C(=N/OC(c2ccccc2)(c2ccccc2)c2ccccc2)C(=O)N[C@@H]2C(=O)N3C(C(=O)O)=C(/C=C4\CCN(c5cccc(F)c5O)C4=O)CS[C@H]23)cs1. The van der Waals surface area contributed by atoms with E-state index in [-0.39, 0.29) is 57.8 Å². The molecule has 3 aliphatic heterocycles. The molecule has 13 nitrogen and oxygen atoms in total. The molecule has 0 aliphatic carbocycles. The number of oxime groups is 1. The van der Waals surface area contributed by atoms with Crippen LogP contribution in [-0.2, 0) is 29.6 Å². The van der Waals surface area contributed by atoms with Crippen molar-refractivity contribution in [1.82, 2.24) is 15.2 Å². The number of phenolic OH excluding ortho intramolecular Hbond substituents is 1. The number of para-hydroxylation sites is 1. The van der Waals surface area contributed by atoms with E-state index in [1.54, 1.807) is 5.38 Å². The van der Waals surface area contributed by atoms with Crippen LogP contribution < -0.4 is 16.0 Å². The van der Waals surface area contributed by atoms with Gasteiger partial charge in [0.05, 0.1) is 5.69 Å². The second-order valence-corrected chi connectivity index (χ2v) is 15.4. The van der Waals surface area contributed by atoms with E-state index in [1.165, 1.54) is 34.9 Å². The number of nitrogens with one attached hydrogen (secondary N) is 1. The van der Waals surface area contributed by atoms with Crippen LogP contribution in [0.4, 0.5) is 15.2 Å². The number of carboxylic acids is 1. The molecule has 8 rings (SSSR count). The van der Waals surface area contributed by atoms with Crippen molar-refractivity contribution >= 4 is 63.3 Å². The number of allylic oxidation sites excluding steroid dienone is 1. The van der Waals surface area contributed by atoms with Crippen LogP contribution >= 0.6 is 23.1 Å². The lowest BCUT2D eigenvalue weighted by atomic mass is 9.80. The van der Waals surface area contributed by atoms with Gasteiger partial charge in [-0.1, -0.05) is 102 Å². The van der Waals surface area contributed by atoms with E-state index in [9.17, 15) is 33.8 Å². The Bertz CT molecular complexity index is 2430. The van der Waals surface area contributed by atoms with E-state index < -0.39 is 52.3 Å². The minimum atomic E-state index is -1.40. The van der Waals surface area contributed by atoms with Gasteiger partial charge in [0.25, 0.3) is 17.7 Å². The largest absolute Gasteiger partial charge is 0.503 e. The first kappa shape index (κ1) is 38.1. The topological polar surface area (TPSA) is 188 Å². The van der Waals surface area contributed by atoms with Crippen LogP contribution in [0, 0.1) is 5.82 Å². The summed E-state index contributed by atoms with van der Waals surface area (Å²) in [6.45, 7) is 0.130. The number of anilines is 2. The molecule has 2 atom stereocenters. The lowest BCUT2D eigenvalue weighted by Gasteiger charge is -2.49. The second-order valence-electron chi connectivity index (χ2n) is 13.4.